The Hall–Kier alpha value is -1.41. The summed E-state index contributed by atoms with van der Waals surface area (Å²) in [5.41, 5.74) is 3.09. The van der Waals surface area contributed by atoms with Crippen molar-refractivity contribution in [1.29, 1.82) is 0 Å². The van der Waals surface area contributed by atoms with E-state index in [0.717, 1.165) is 28.3 Å². The number of sulfone groups is 1. The number of amides is 1. The van der Waals surface area contributed by atoms with Gasteiger partial charge in [0.15, 0.2) is 16.4 Å². The predicted octanol–water partition coefficient (Wildman–Crippen LogP) is 0.569. The second-order valence-corrected chi connectivity index (χ2v) is 11.1. The average molecular weight is 412 g/mol. The van der Waals surface area contributed by atoms with Gasteiger partial charge in [0, 0.05) is 11.7 Å². The van der Waals surface area contributed by atoms with Gasteiger partial charge in [0.2, 0.25) is 0 Å². The minimum atomic E-state index is -2.94. The molecule has 1 aliphatic heterocycles. The van der Waals surface area contributed by atoms with E-state index >= 15 is 0 Å². The lowest BCUT2D eigenvalue weighted by molar-refractivity contribution is -0.885. The molecule has 2 aliphatic rings. The van der Waals surface area contributed by atoms with Gasteiger partial charge in [-0.05, 0) is 39.0 Å². The molecular weight excluding hydrogens is 376 g/mol. The number of rotatable bonds is 6. The van der Waals surface area contributed by atoms with E-state index in [1.807, 2.05) is 25.6 Å². The highest BCUT2D eigenvalue weighted by Crippen LogP contribution is 2.26. The van der Waals surface area contributed by atoms with Crippen molar-refractivity contribution in [3.05, 3.63) is 17.0 Å². The molecule has 0 radical (unpaired) electrons. The molecule has 0 spiro atoms. The highest BCUT2D eigenvalue weighted by molar-refractivity contribution is 7.91. The summed E-state index contributed by atoms with van der Waals surface area (Å²) in [6, 6.07) is 0.249. The van der Waals surface area contributed by atoms with E-state index in [1.165, 1.54) is 19.3 Å². The number of carbonyl (C=O) groups is 1. The molecule has 0 aromatic carbocycles. The number of aryl methyl sites for hydroxylation is 1. The number of likely N-dealkylation sites (N-methyl/N-ethyl adjacent to an activating group) is 1. The van der Waals surface area contributed by atoms with Crippen LogP contribution in [0.2, 0.25) is 0 Å². The molecule has 28 heavy (non-hydrogen) atoms. The Labute approximate surface area is 168 Å². The van der Waals surface area contributed by atoms with Crippen LogP contribution in [0.3, 0.4) is 0 Å². The first kappa shape index (κ1) is 21.3. The minimum absolute atomic E-state index is 0.0613. The molecular formula is C20H35N4O3S+. The zero-order valence-electron chi connectivity index (χ0n) is 17.6. The quantitative estimate of drug-likeness (QED) is 0.717. The fraction of sp³-hybridized carbons (Fsp3) is 0.800. The van der Waals surface area contributed by atoms with E-state index in [2.05, 4.69) is 17.3 Å². The number of nitrogens with one attached hydrogen (secondary N) is 2. The summed E-state index contributed by atoms with van der Waals surface area (Å²) in [4.78, 5) is 13.6. The number of aromatic nitrogens is 2. The molecule has 158 valence electrons. The summed E-state index contributed by atoms with van der Waals surface area (Å²) in [6.45, 7) is 7.36. The van der Waals surface area contributed by atoms with Gasteiger partial charge in [0.1, 0.15) is 6.54 Å². The van der Waals surface area contributed by atoms with Crippen molar-refractivity contribution in [3.63, 3.8) is 0 Å². The number of hydrogen-bond donors (Lipinski definition) is 2. The normalized spacial score (nSPS) is 28.2. The molecule has 1 aromatic heterocycles. The van der Waals surface area contributed by atoms with E-state index in [1.54, 1.807) is 0 Å². The van der Waals surface area contributed by atoms with Crippen LogP contribution in [0.5, 0.6) is 0 Å². The molecule has 0 bridgehead atoms. The van der Waals surface area contributed by atoms with Crippen molar-refractivity contribution < 1.29 is 18.1 Å². The van der Waals surface area contributed by atoms with Gasteiger partial charge in [0.05, 0.1) is 35.9 Å². The molecule has 1 saturated heterocycles. The molecule has 2 N–H and O–H groups in total. The third-order valence-corrected chi connectivity index (χ3v) is 8.18. The Bertz CT molecular complexity index is 818. The smallest absolute Gasteiger partial charge is 0.275 e. The summed E-state index contributed by atoms with van der Waals surface area (Å²) in [5.74, 6) is 1.10. The van der Waals surface area contributed by atoms with Crippen LogP contribution in [0.4, 0.5) is 0 Å². The van der Waals surface area contributed by atoms with Crippen molar-refractivity contribution in [2.75, 3.05) is 25.1 Å². The van der Waals surface area contributed by atoms with Crippen LogP contribution in [0.25, 0.3) is 0 Å². The van der Waals surface area contributed by atoms with Crippen molar-refractivity contribution in [1.82, 2.24) is 15.1 Å². The van der Waals surface area contributed by atoms with Crippen LogP contribution in [-0.2, 0) is 21.2 Å². The fourth-order valence-corrected chi connectivity index (χ4v) is 6.40. The third-order valence-electron chi connectivity index (χ3n) is 6.43. The third kappa shape index (κ3) is 4.95. The van der Waals surface area contributed by atoms with Crippen molar-refractivity contribution in [2.45, 2.75) is 71.5 Å². The molecule has 1 saturated carbocycles. The molecule has 4 atom stereocenters. The maximum absolute atomic E-state index is 12.5. The molecule has 7 nitrogen and oxygen atoms in total. The highest BCUT2D eigenvalue weighted by Gasteiger charge is 2.32. The first-order chi connectivity index (χ1) is 13.2. The Morgan fingerprint density at radius 3 is 2.61 bits per heavy atom. The Morgan fingerprint density at radius 1 is 1.25 bits per heavy atom. The molecule has 1 unspecified atom stereocenters. The molecule has 3 rings (SSSR count). The Kier molecular flexibility index (Phi) is 6.49. The van der Waals surface area contributed by atoms with Crippen molar-refractivity contribution in [2.24, 2.45) is 5.92 Å². The Morgan fingerprint density at radius 2 is 1.96 bits per heavy atom. The predicted molar refractivity (Wildman–Crippen MR) is 109 cm³/mol. The number of hydrogen-bond acceptors (Lipinski definition) is 4. The van der Waals surface area contributed by atoms with Crippen molar-refractivity contribution >= 4 is 15.7 Å². The van der Waals surface area contributed by atoms with Gasteiger partial charge < -0.3 is 10.2 Å². The molecule has 1 aliphatic carbocycles. The highest BCUT2D eigenvalue weighted by atomic mass is 32.2. The van der Waals surface area contributed by atoms with Gasteiger partial charge >= 0.3 is 0 Å². The zero-order valence-corrected chi connectivity index (χ0v) is 18.4. The summed E-state index contributed by atoms with van der Waals surface area (Å²) in [7, 11) is -0.913. The maximum atomic E-state index is 12.5. The van der Waals surface area contributed by atoms with Crippen LogP contribution in [0, 0.1) is 19.8 Å². The fourth-order valence-electron chi connectivity index (χ4n) is 4.70. The molecule has 2 fully saturated rings. The number of nitrogens with zero attached hydrogens (tertiary/aromatic N) is 2. The first-order valence-corrected chi connectivity index (χ1v) is 12.3. The van der Waals surface area contributed by atoms with E-state index < -0.39 is 9.84 Å². The molecule has 1 amide bonds. The van der Waals surface area contributed by atoms with Gasteiger partial charge in [-0.15, -0.1) is 0 Å². The lowest BCUT2D eigenvalue weighted by atomic mass is 9.86. The molecule has 2 heterocycles. The van der Waals surface area contributed by atoms with Crippen LogP contribution in [0.1, 0.15) is 62.0 Å². The number of carbonyl (C=O) groups excluding carboxylic acids is 1. The second-order valence-electron chi connectivity index (χ2n) is 8.90. The molecule has 1 aromatic rings. The van der Waals surface area contributed by atoms with Crippen LogP contribution >= 0.6 is 0 Å². The number of quaternary nitrogens is 1. The van der Waals surface area contributed by atoms with E-state index in [9.17, 15) is 13.2 Å². The van der Waals surface area contributed by atoms with Crippen molar-refractivity contribution in [3.8, 4) is 0 Å². The molecule has 8 heteroatoms. The van der Waals surface area contributed by atoms with Gasteiger partial charge in [-0.25, -0.2) is 8.42 Å². The Balaban J connectivity index is 1.59. The van der Waals surface area contributed by atoms with Gasteiger partial charge in [-0.2, -0.15) is 5.10 Å². The largest absolute Gasteiger partial charge is 0.348 e. The topological polar surface area (TPSA) is 85.5 Å². The summed E-state index contributed by atoms with van der Waals surface area (Å²) in [6.07, 6.45) is 5.38. The SMILES string of the molecule is Cc1nn([C@H]2CCS(=O)(=O)C2)c(C)c1C[NH+](C)CC(=O)N[C@@H]1CCCC[C@@H]1C. The van der Waals surface area contributed by atoms with Crippen LogP contribution in [-0.4, -0.2) is 55.2 Å². The summed E-state index contributed by atoms with van der Waals surface area (Å²) in [5, 5.41) is 7.86. The van der Waals surface area contributed by atoms with E-state index in [0.29, 0.717) is 31.5 Å². The van der Waals surface area contributed by atoms with E-state index in [4.69, 9.17) is 0 Å². The summed E-state index contributed by atoms with van der Waals surface area (Å²) >= 11 is 0. The maximum Gasteiger partial charge on any atom is 0.275 e. The lowest BCUT2D eigenvalue weighted by Gasteiger charge is -2.29. The standard InChI is InChI=1S/C20H34N4O3S/c1-14-7-5-6-8-19(14)21-20(25)12-23(4)11-18-15(2)22-24(16(18)3)17-9-10-28(26,27)13-17/h14,17,19H,5-13H2,1-4H3,(H,21,25)/p+1/t14-,17-,19+/m0/s1. The minimum Gasteiger partial charge on any atom is -0.348 e. The monoisotopic (exact) mass is 411 g/mol. The lowest BCUT2D eigenvalue weighted by Crippen LogP contribution is -3.09. The zero-order chi connectivity index (χ0) is 20.5. The first-order valence-electron chi connectivity index (χ1n) is 10.5. The van der Waals surface area contributed by atoms with Gasteiger partial charge in [-0.1, -0.05) is 19.8 Å². The average Bonchev–Trinajstić information content (AvgIpc) is 3.10. The van der Waals surface area contributed by atoms with Gasteiger partial charge in [-0.3, -0.25) is 9.48 Å². The van der Waals surface area contributed by atoms with Crippen LogP contribution < -0.4 is 10.2 Å². The second kappa shape index (κ2) is 8.53. The summed E-state index contributed by atoms with van der Waals surface area (Å²) < 4.78 is 25.5. The van der Waals surface area contributed by atoms with Gasteiger partial charge in [0.25, 0.3) is 5.91 Å². The van der Waals surface area contributed by atoms with Crippen LogP contribution in [0.15, 0.2) is 0 Å². The van der Waals surface area contributed by atoms with E-state index in [-0.39, 0.29) is 23.5 Å².